The van der Waals surface area contributed by atoms with Crippen molar-refractivity contribution in [2.24, 2.45) is 5.90 Å². The van der Waals surface area contributed by atoms with Crippen LogP contribution in [0.5, 0.6) is 0 Å². The molecule has 1 atom stereocenters. The molecule has 1 unspecified atom stereocenters. The zero-order valence-corrected chi connectivity index (χ0v) is 9.70. The highest BCUT2D eigenvalue weighted by molar-refractivity contribution is 14.0. The molecule has 88 valence electrons. The minimum atomic E-state index is -2.69. The van der Waals surface area contributed by atoms with Crippen molar-refractivity contribution in [3.63, 3.8) is 0 Å². The van der Waals surface area contributed by atoms with Gasteiger partial charge in [0.15, 0.2) is 5.60 Å². The third-order valence-corrected chi connectivity index (χ3v) is 1.41. The van der Waals surface area contributed by atoms with E-state index in [0.29, 0.717) is 0 Å². The van der Waals surface area contributed by atoms with E-state index in [1.54, 1.807) is 0 Å². The first-order valence-corrected chi connectivity index (χ1v) is 3.39. The molecule has 0 rings (SSSR count). The van der Waals surface area contributed by atoms with E-state index < -0.39 is 36.4 Å². The zero-order valence-electron chi connectivity index (χ0n) is 7.37. The van der Waals surface area contributed by atoms with E-state index in [-0.39, 0.29) is 24.0 Å². The van der Waals surface area contributed by atoms with E-state index in [4.69, 9.17) is 10.2 Å². The molecule has 0 radical (unpaired) electrons. The Bertz CT molecular complexity index is 268. The summed E-state index contributed by atoms with van der Waals surface area (Å²) < 4.78 is 0. The van der Waals surface area contributed by atoms with Gasteiger partial charge in [-0.05, 0) is 0 Å². The highest BCUT2D eigenvalue weighted by Gasteiger charge is 2.41. The van der Waals surface area contributed by atoms with Crippen LogP contribution >= 0.6 is 24.0 Å². The molecule has 0 aromatic heterocycles. The summed E-state index contributed by atoms with van der Waals surface area (Å²) in [5.41, 5.74) is -2.69. The van der Waals surface area contributed by atoms with E-state index in [2.05, 4.69) is 10.7 Å². The largest absolute Gasteiger partial charge is 0.481 e. The summed E-state index contributed by atoms with van der Waals surface area (Å²) in [5.74, 6) is -0.187. The van der Waals surface area contributed by atoms with Crippen molar-refractivity contribution < 1.29 is 34.5 Å². The molecule has 0 aromatic carbocycles. The maximum absolute atomic E-state index is 10.5. The lowest BCUT2D eigenvalue weighted by Gasteiger charge is -2.19. The van der Waals surface area contributed by atoms with Crippen LogP contribution in [0.2, 0.25) is 0 Å². The van der Waals surface area contributed by atoms with Crippen LogP contribution in [-0.4, -0.2) is 38.8 Å². The molecule has 9 heteroatoms. The molecule has 0 spiro atoms. The standard InChI is InChI=1S/C6H9NO7.HI/c7-14-4(10)2-6(13,5(11)12)1-3(8)9;/h13H,1-2,7H2,(H,8,9)(H,11,12);1H. The van der Waals surface area contributed by atoms with Crippen molar-refractivity contribution in [1.82, 2.24) is 0 Å². The second-order valence-corrected chi connectivity index (χ2v) is 2.57. The number of aliphatic hydroxyl groups is 1. The number of carbonyl (C=O) groups excluding carboxylic acids is 1. The fourth-order valence-corrected chi connectivity index (χ4v) is 0.744. The van der Waals surface area contributed by atoms with Crippen LogP contribution in [0.3, 0.4) is 0 Å². The molecule has 0 saturated carbocycles. The number of carboxylic acid groups (broad SMARTS) is 2. The van der Waals surface area contributed by atoms with Gasteiger partial charge in [-0.1, -0.05) is 0 Å². The van der Waals surface area contributed by atoms with E-state index in [9.17, 15) is 19.5 Å². The Morgan fingerprint density at radius 1 is 1.20 bits per heavy atom. The number of hydrogen-bond acceptors (Lipinski definition) is 6. The second kappa shape index (κ2) is 6.53. The first-order valence-electron chi connectivity index (χ1n) is 3.39. The molecule has 0 saturated heterocycles. The molecule has 5 N–H and O–H groups in total. The molecule has 0 aliphatic carbocycles. The van der Waals surface area contributed by atoms with Crippen LogP contribution < -0.4 is 5.90 Å². The van der Waals surface area contributed by atoms with E-state index in [0.717, 1.165) is 0 Å². The third kappa shape index (κ3) is 5.49. The molecule has 15 heavy (non-hydrogen) atoms. The number of rotatable bonds is 5. The minimum absolute atomic E-state index is 0. The van der Waals surface area contributed by atoms with Gasteiger partial charge >= 0.3 is 17.9 Å². The van der Waals surface area contributed by atoms with Gasteiger partial charge in [0.1, 0.15) is 0 Å². The Balaban J connectivity index is 0. The number of halogens is 1. The number of nitrogens with two attached hydrogens (primary N) is 1. The molecule has 0 aliphatic rings. The molecule has 0 amide bonds. The summed E-state index contributed by atoms with van der Waals surface area (Å²) in [6.07, 6.45) is -2.14. The Morgan fingerprint density at radius 2 is 1.67 bits per heavy atom. The van der Waals surface area contributed by atoms with Crippen LogP contribution in [-0.2, 0) is 19.2 Å². The third-order valence-electron chi connectivity index (χ3n) is 1.41. The average Bonchev–Trinajstić information content (AvgIpc) is 2.02. The van der Waals surface area contributed by atoms with E-state index in [1.165, 1.54) is 0 Å². The van der Waals surface area contributed by atoms with Crippen LogP contribution in [0, 0.1) is 0 Å². The Morgan fingerprint density at radius 3 is 1.93 bits per heavy atom. The highest BCUT2D eigenvalue weighted by Crippen LogP contribution is 2.16. The lowest BCUT2D eigenvalue weighted by atomic mass is 9.96. The lowest BCUT2D eigenvalue weighted by Crippen LogP contribution is -2.43. The van der Waals surface area contributed by atoms with Gasteiger partial charge in [0.2, 0.25) is 0 Å². The topological polar surface area (TPSA) is 147 Å². The van der Waals surface area contributed by atoms with Gasteiger partial charge in [-0.2, -0.15) is 5.90 Å². The average molecular weight is 335 g/mol. The van der Waals surface area contributed by atoms with Gasteiger partial charge in [0.25, 0.3) is 0 Å². The van der Waals surface area contributed by atoms with Crippen LogP contribution in [0.1, 0.15) is 12.8 Å². The molecular formula is C6H10INO7. The SMILES string of the molecule is I.NOC(=O)CC(O)(CC(=O)O)C(=O)O. The van der Waals surface area contributed by atoms with Crippen molar-refractivity contribution >= 4 is 41.9 Å². The van der Waals surface area contributed by atoms with Crippen LogP contribution in [0.25, 0.3) is 0 Å². The maximum Gasteiger partial charge on any atom is 0.336 e. The molecular weight excluding hydrogens is 325 g/mol. The van der Waals surface area contributed by atoms with Crippen LogP contribution in [0.4, 0.5) is 0 Å². The maximum atomic E-state index is 10.5. The van der Waals surface area contributed by atoms with Crippen molar-refractivity contribution in [2.45, 2.75) is 18.4 Å². The summed E-state index contributed by atoms with van der Waals surface area (Å²) in [4.78, 5) is 34.8. The second-order valence-electron chi connectivity index (χ2n) is 2.57. The summed E-state index contributed by atoms with van der Waals surface area (Å²) in [7, 11) is 0. The quantitative estimate of drug-likeness (QED) is 0.358. The van der Waals surface area contributed by atoms with Crippen molar-refractivity contribution in [3.05, 3.63) is 0 Å². The van der Waals surface area contributed by atoms with Crippen LogP contribution in [0.15, 0.2) is 0 Å². The summed E-state index contributed by atoms with van der Waals surface area (Å²) in [6, 6.07) is 0. The normalized spacial score (nSPS) is 13.2. The highest BCUT2D eigenvalue weighted by atomic mass is 127. The summed E-state index contributed by atoms with van der Waals surface area (Å²) >= 11 is 0. The first kappa shape index (κ1) is 16.5. The minimum Gasteiger partial charge on any atom is -0.481 e. The smallest absolute Gasteiger partial charge is 0.336 e. The van der Waals surface area contributed by atoms with Gasteiger partial charge in [-0.25, -0.2) is 4.79 Å². The number of aliphatic carboxylic acids is 2. The van der Waals surface area contributed by atoms with E-state index in [1.807, 2.05) is 0 Å². The molecule has 0 aromatic rings. The van der Waals surface area contributed by atoms with Crippen molar-refractivity contribution in [3.8, 4) is 0 Å². The fraction of sp³-hybridized carbons (Fsp3) is 0.500. The predicted molar refractivity (Wildman–Crippen MR) is 55.1 cm³/mol. The van der Waals surface area contributed by atoms with Gasteiger partial charge in [0.05, 0.1) is 12.8 Å². The lowest BCUT2D eigenvalue weighted by molar-refractivity contribution is -0.172. The number of carboxylic acids is 2. The fourth-order valence-electron chi connectivity index (χ4n) is 0.744. The Kier molecular flexibility index (Phi) is 7.17. The molecule has 0 fully saturated rings. The molecule has 0 heterocycles. The number of hydrogen-bond donors (Lipinski definition) is 4. The monoisotopic (exact) mass is 335 g/mol. The first-order chi connectivity index (χ1) is 6.31. The molecule has 0 aliphatic heterocycles. The van der Waals surface area contributed by atoms with Gasteiger partial charge in [0, 0.05) is 0 Å². The van der Waals surface area contributed by atoms with Gasteiger partial charge in [-0.15, -0.1) is 24.0 Å². The Labute approximate surface area is 101 Å². The zero-order chi connectivity index (χ0) is 11.4. The summed E-state index contributed by atoms with van der Waals surface area (Å²) in [5, 5.41) is 26.0. The Hall–Kier alpha value is -0.940. The predicted octanol–water partition coefficient (Wildman–Crippen LogP) is -1.30. The number of carbonyl (C=O) groups is 3. The van der Waals surface area contributed by atoms with Gasteiger partial charge < -0.3 is 20.2 Å². The molecule has 8 nitrogen and oxygen atoms in total. The van der Waals surface area contributed by atoms with Crippen molar-refractivity contribution in [2.75, 3.05) is 0 Å². The summed E-state index contributed by atoms with van der Waals surface area (Å²) in [6.45, 7) is 0. The van der Waals surface area contributed by atoms with Crippen molar-refractivity contribution in [1.29, 1.82) is 0 Å². The molecule has 0 bridgehead atoms. The van der Waals surface area contributed by atoms with E-state index >= 15 is 0 Å². The van der Waals surface area contributed by atoms with Gasteiger partial charge in [-0.3, -0.25) is 9.59 Å².